The summed E-state index contributed by atoms with van der Waals surface area (Å²) in [5, 5.41) is 3.22. The summed E-state index contributed by atoms with van der Waals surface area (Å²) in [6.45, 7) is 6.11. The minimum absolute atomic E-state index is 0.110. The predicted octanol–water partition coefficient (Wildman–Crippen LogP) is 5.37. The molecule has 3 aromatic carbocycles. The number of hydrogen-bond donors (Lipinski definition) is 1. The molecule has 1 N–H and O–H groups in total. The molecule has 0 heterocycles. The Hall–Kier alpha value is -3.07. The van der Waals surface area contributed by atoms with Crippen LogP contribution in [0.15, 0.2) is 78.9 Å². The summed E-state index contributed by atoms with van der Waals surface area (Å²) in [7, 11) is 0. The molecule has 3 heteroatoms. The first kappa shape index (κ1) is 19.7. The first-order valence-corrected chi connectivity index (χ1v) is 9.72. The van der Waals surface area contributed by atoms with E-state index in [1.165, 1.54) is 5.56 Å². The third-order valence-corrected chi connectivity index (χ3v) is 4.85. The van der Waals surface area contributed by atoms with Crippen molar-refractivity contribution in [2.75, 3.05) is 0 Å². The van der Waals surface area contributed by atoms with Gasteiger partial charge in [0.2, 0.25) is 0 Å². The second-order valence-corrected chi connectivity index (χ2v) is 7.04. The Kier molecular flexibility index (Phi) is 6.49. The van der Waals surface area contributed by atoms with E-state index in [4.69, 9.17) is 4.74 Å². The van der Waals surface area contributed by atoms with E-state index < -0.39 is 6.10 Å². The van der Waals surface area contributed by atoms with Crippen LogP contribution in [0, 0.1) is 13.8 Å². The van der Waals surface area contributed by atoms with E-state index in [1.54, 1.807) is 0 Å². The Bertz CT molecular complexity index is 906. The van der Waals surface area contributed by atoms with Crippen LogP contribution in [0.5, 0.6) is 5.75 Å². The predicted molar refractivity (Wildman–Crippen MR) is 113 cm³/mol. The van der Waals surface area contributed by atoms with Gasteiger partial charge in [-0.05, 0) is 49.1 Å². The van der Waals surface area contributed by atoms with E-state index in [1.807, 2.05) is 67.6 Å². The normalized spacial score (nSPS) is 12.8. The summed E-state index contributed by atoms with van der Waals surface area (Å²) in [6.07, 6.45) is 0.0495. The maximum Gasteiger partial charge on any atom is 0.261 e. The van der Waals surface area contributed by atoms with Crippen molar-refractivity contribution in [3.05, 3.63) is 101 Å². The summed E-state index contributed by atoms with van der Waals surface area (Å²) in [5.41, 5.74) is 4.48. The highest BCUT2D eigenvalue weighted by atomic mass is 16.5. The topological polar surface area (TPSA) is 38.3 Å². The molecule has 0 radical (unpaired) electrons. The molecule has 1 amide bonds. The Labute approximate surface area is 167 Å². The fourth-order valence-electron chi connectivity index (χ4n) is 3.28. The minimum atomic E-state index is -0.543. The van der Waals surface area contributed by atoms with E-state index >= 15 is 0 Å². The Morgan fingerprint density at radius 3 is 2.21 bits per heavy atom. The smallest absolute Gasteiger partial charge is 0.261 e. The van der Waals surface area contributed by atoms with Gasteiger partial charge in [0.1, 0.15) is 5.75 Å². The monoisotopic (exact) mass is 373 g/mol. The zero-order valence-electron chi connectivity index (χ0n) is 16.7. The van der Waals surface area contributed by atoms with Crippen LogP contribution in [0.25, 0.3) is 0 Å². The van der Waals surface area contributed by atoms with Crippen LogP contribution in [-0.4, -0.2) is 12.0 Å². The lowest BCUT2D eigenvalue weighted by atomic mass is 9.93. The summed E-state index contributed by atoms with van der Waals surface area (Å²) in [4.78, 5) is 13.1. The van der Waals surface area contributed by atoms with E-state index in [2.05, 4.69) is 37.4 Å². The van der Waals surface area contributed by atoms with Crippen LogP contribution in [0.2, 0.25) is 0 Å². The van der Waals surface area contributed by atoms with Gasteiger partial charge in [-0.1, -0.05) is 79.2 Å². The first-order valence-electron chi connectivity index (χ1n) is 9.72. The number of benzene rings is 3. The highest BCUT2D eigenvalue weighted by molar-refractivity contribution is 5.82. The largest absolute Gasteiger partial charge is 0.481 e. The summed E-state index contributed by atoms with van der Waals surface area (Å²) >= 11 is 0. The van der Waals surface area contributed by atoms with E-state index in [0.717, 1.165) is 16.7 Å². The number of rotatable bonds is 7. The quantitative estimate of drug-likeness (QED) is 0.605. The maximum absolute atomic E-state index is 13.1. The molecule has 0 bridgehead atoms. The average Bonchev–Trinajstić information content (AvgIpc) is 2.73. The van der Waals surface area contributed by atoms with E-state index in [-0.39, 0.29) is 11.9 Å². The highest BCUT2D eigenvalue weighted by Crippen LogP contribution is 2.26. The number of aryl methyl sites for hydroxylation is 2. The Morgan fingerprint density at radius 1 is 0.929 bits per heavy atom. The molecule has 0 saturated heterocycles. The van der Waals surface area contributed by atoms with Gasteiger partial charge in [0.15, 0.2) is 6.10 Å². The van der Waals surface area contributed by atoms with Crippen LogP contribution >= 0.6 is 0 Å². The van der Waals surface area contributed by atoms with Gasteiger partial charge in [0.05, 0.1) is 6.04 Å². The fourth-order valence-corrected chi connectivity index (χ4v) is 3.28. The zero-order chi connectivity index (χ0) is 19.9. The van der Waals surface area contributed by atoms with Crippen molar-refractivity contribution in [3.8, 4) is 5.75 Å². The molecule has 3 rings (SSSR count). The second-order valence-electron chi connectivity index (χ2n) is 7.04. The van der Waals surface area contributed by atoms with Crippen molar-refractivity contribution in [1.82, 2.24) is 5.32 Å². The second kappa shape index (κ2) is 9.23. The standard InChI is InChI=1S/C25H27NO2/c1-4-23(28-21-13-9-6-10-14-21)25(27)26-24(20-11-7-5-8-12-20)22-17-18(2)15-16-19(22)3/h5-17,23-24H,4H2,1-3H3,(H,26,27)/t23-,24-/m1/s1. The molecule has 0 aliphatic heterocycles. The first-order chi connectivity index (χ1) is 13.6. The van der Waals surface area contributed by atoms with Gasteiger partial charge in [0.25, 0.3) is 5.91 Å². The molecule has 2 atom stereocenters. The van der Waals surface area contributed by atoms with Gasteiger partial charge < -0.3 is 10.1 Å². The van der Waals surface area contributed by atoms with Crippen molar-refractivity contribution in [1.29, 1.82) is 0 Å². The van der Waals surface area contributed by atoms with Gasteiger partial charge in [-0.25, -0.2) is 0 Å². The van der Waals surface area contributed by atoms with Crippen LogP contribution in [-0.2, 0) is 4.79 Å². The Balaban J connectivity index is 1.88. The van der Waals surface area contributed by atoms with Crippen LogP contribution in [0.3, 0.4) is 0 Å². The highest BCUT2D eigenvalue weighted by Gasteiger charge is 2.24. The molecular formula is C25H27NO2. The van der Waals surface area contributed by atoms with E-state index in [0.29, 0.717) is 12.2 Å². The number of carbonyl (C=O) groups is 1. The number of hydrogen-bond acceptors (Lipinski definition) is 2. The Morgan fingerprint density at radius 2 is 1.57 bits per heavy atom. The number of nitrogens with one attached hydrogen (secondary N) is 1. The molecular weight excluding hydrogens is 346 g/mol. The summed E-state index contributed by atoms with van der Waals surface area (Å²) < 4.78 is 5.94. The van der Waals surface area contributed by atoms with Crippen molar-refractivity contribution in [2.45, 2.75) is 39.3 Å². The lowest BCUT2D eigenvalue weighted by molar-refractivity contribution is -0.128. The third-order valence-electron chi connectivity index (χ3n) is 4.85. The van der Waals surface area contributed by atoms with Crippen molar-refractivity contribution >= 4 is 5.91 Å². The number of carbonyl (C=O) groups excluding carboxylic acids is 1. The third kappa shape index (κ3) is 4.80. The number of amides is 1. The number of ether oxygens (including phenoxy) is 1. The van der Waals surface area contributed by atoms with Crippen molar-refractivity contribution < 1.29 is 9.53 Å². The van der Waals surface area contributed by atoms with Crippen LogP contribution in [0.1, 0.15) is 41.6 Å². The average molecular weight is 373 g/mol. The molecule has 0 spiro atoms. The van der Waals surface area contributed by atoms with Gasteiger partial charge in [-0.3, -0.25) is 4.79 Å². The molecule has 0 aromatic heterocycles. The molecule has 0 aliphatic rings. The molecule has 3 aromatic rings. The fraction of sp³-hybridized carbons (Fsp3) is 0.240. The van der Waals surface area contributed by atoms with Gasteiger partial charge in [0, 0.05) is 0 Å². The minimum Gasteiger partial charge on any atom is -0.481 e. The van der Waals surface area contributed by atoms with Crippen LogP contribution in [0.4, 0.5) is 0 Å². The molecule has 0 saturated carbocycles. The molecule has 0 aliphatic carbocycles. The van der Waals surface area contributed by atoms with Gasteiger partial charge in [-0.15, -0.1) is 0 Å². The van der Waals surface area contributed by atoms with Crippen LogP contribution < -0.4 is 10.1 Å². The molecule has 28 heavy (non-hydrogen) atoms. The van der Waals surface area contributed by atoms with Gasteiger partial charge in [-0.2, -0.15) is 0 Å². The summed E-state index contributed by atoms with van der Waals surface area (Å²) in [6, 6.07) is 25.7. The molecule has 3 nitrogen and oxygen atoms in total. The lowest BCUT2D eigenvalue weighted by Crippen LogP contribution is -2.40. The maximum atomic E-state index is 13.1. The van der Waals surface area contributed by atoms with E-state index in [9.17, 15) is 4.79 Å². The van der Waals surface area contributed by atoms with Gasteiger partial charge >= 0.3 is 0 Å². The molecule has 0 unspecified atom stereocenters. The van der Waals surface area contributed by atoms with Crippen molar-refractivity contribution in [3.63, 3.8) is 0 Å². The zero-order valence-corrected chi connectivity index (χ0v) is 16.7. The lowest BCUT2D eigenvalue weighted by Gasteiger charge is -2.25. The summed E-state index contributed by atoms with van der Waals surface area (Å²) in [5.74, 6) is 0.591. The molecule has 144 valence electrons. The molecule has 0 fully saturated rings. The SMILES string of the molecule is CC[C@@H](Oc1ccccc1)C(=O)N[C@H](c1ccccc1)c1cc(C)ccc1C. The van der Waals surface area contributed by atoms with Crippen molar-refractivity contribution in [2.24, 2.45) is 0 Å². The number of para-hydroxylation sites is 1.